The van der Waals surface area contributed by atoms with Crippen LogP contribution in [0.25, 0.3) is 0 Å². The van der Waals surface area contributed by atoms with Crippen molar-refractivity contribution in [3.05, 3.63) is 53.7 Å². The topological polar surface area (TPSA) is 28.4 Å². The average molecular weight is 290 g/mol. The van der Waals surface area contributed by atoms with E-state index in [0.717, 1.165) is 11.3 Å². The van der Waals surface area contributed by atoms with Crippen molar-refractivity contribution in [2.75, 3.05) is 11.9 Å². The van der Waals surface area contributed by atoms with Crippen molar-refractivity contribution in [3.63, 3.8) is 0 Å². The molecule has 0 unspecified atom stereocenters. The molecule has 0 aliphatic heterocycles. The van der Waals surface area contributed by atoms with Gasteiger partial charge in [0.05, 0.1) is 18.5 Å². The van der Waals surface area contributed by atoms with Crippen LogP contribution in [0.1, 0.15) is 32.1 Å². The van der Waals surface area contributed by atoms with Gasteiger partial charge in [0.15, 0.2) is 0 Å². The third-order valence-electron chi connectivity index (χ3n) is 3.23. The van der Waals surface area contributed by atoms with E-state index in [1.165, 1.54) is 6.07 Å². The van der Waals surface area contributed by atoms with E-state index < -0.39 is 0 Å². The maximum absolute atomic E-state index is 14.2. The van der Waals surface area contributed by atoms with Crippen LogP contribution in [0, 0.1) is 5.82 Å². The lowest BCUT2D eigenvalue weighted by Crippen LogP contribution is -2.35. The summed E-state index contributed by atoms with van der Waals surface area (Å²) in [7, 11) is 1.88. The first-order valence-corrected chi connectivity index (χ1v) is 7.13. The van der Waals surface area contributed by atoms with Gasteiger partial charge in [-0.2, -0.15) is 0 Å². The van der Waals surface area contributed by atoms with Crippen LogP contribution < -0.4 is 10.2 Å². The summed E-state index contributed by atoms with van der Waals surface area (Å²) in [4.78, 5) is 1.88. The lowest BCUT2D eigenvalue weighted by atomic mass is 10.1. The molecule has 1 N–H and O–H groups in total. The number of para-hydroxylation sites is 1. The second-order valence-electron chi connectivity index (χ2n) is 6.29. The highest BCUT2D eigenvalue weighted by molar-refractivity contribution is 5.54. The molecular weight excluding hydrogens is 267 g/mol. The normalized spacial score (nSPS) is 11.7. The fourth-order valence-electron chi connectivity index (χ4n) is 2.21. The molecular formula is C17H23FN2O. The Morgan fingerprint density at radius 3 is 2.57 bits per heavy atom. The maximum atomic E-state index is 14.2. The first kappa shape index (κ1) is 15.6. The lowest BCUT2D eigenvalue weighted by Gasteiger charge is -2.25. The number of rotatable bonds is 5. The molecule has 0 saturated carbocycles. The minimum atomic E-state index is -0.211. The number of nitrogens with one attached hydrogen (secondary N) is 1. The molecule has 4 heteroatoms. The molecule has 1 heterocycles. The third kappa shape index (κ3) is 4.33. The molecule has 3 nitrogen and oxygen atoms in total. The highest BCUT2D eigenvalue weighted by Gasteiger charge is 2.16. The van der Waals surface area contributed by atoms with Gasteiger partial charge in [-0.05, 0) is 44.5 Å². The van der Waals surface area contributed by atoms with Gasteiger partial charge in [0.25, 0.3) is 0 Å². The number of nitrogens with zero attached hydrogens (tertiary/aromatic N) is 1. The van der Waals surface area contributed by atoms with Crippen molar-refractivity contribution in [2.45, 2.75) is 39.4 Å². The molecule has 0 radical (unpaired) electrons. The Hall–Kier alpha value is -1.81. The maximum Gasteiger partial charge on any atom is 0.146 e. The molecule has 0 fully saturated rings. The zero-order valence-electron chi connectivity index (χ0n) is 13.1. The second kappa shape index (κ2) is 6.31. The summed E-state index contributed by atoms with van der Waals surface area (Å²) in [5.41, 5.74) is 1.55. The highest BCUT2D eigenvalue weighted by Crippen LogP contribution is 2.25. The van der Waals surface area contributed by atoms with Gasteiger partial charge in [-0.15, -0.1) is 0 Å². The van der Waals surface area contributed by atoms with Crippen LogP contribution in [0.2, 0.25) is 0 Å². The Labute approximate surface area is 125 Å². The van der Waals surface area contributed by atoms with Crippen LogP contribution in [0.15, 0.2) is 41.0 Å². The van der Waals surface area contributed by atoms with Crippen LogP contribution in [-0.2, 0) is 13.1 Å². The van der Waals surface area contributed by atoms with Crippen molar-refractivity contribution in [1.29, 1.82) is 0 Å². The van der Waals surface area contributed by atoms with Gasteiger partial charge in [-0.1, -0.05) is 12.1 Å². The molecule has 0 aliphatic carbocycles. The molecule has 0 spiro atoms. The molecule has 0 amide bonds. The Morgan fingerprint density at radius 2 is 1.95 bits per heavy atom. The monoisotopic (exact) mass is 290 g/mol. The molecule has 1 aromatic heterocycles. The smallest absolute Gasteiger partial charge is 0.146 e. The Morgan fingerprint density at radius 1 is 1.19 bits per heavy atom. The van der Waals surface area contributed by atoms with Crippen LogP contribution in [0.5, 0.6) is 0 Å². The van der Waals surface area contributed by atoms with E-state index in [4.69, 9.17) is 4.42 Å². The molecule has 114 valence electrons. The molecule has 21 heavy (non-hydrogen) atoms. The summed E-state index contributed by atoms with van der Waals surface area (Å²) in [5, 5.41) is 3.40. The average Bonchev–Trinajstić information content (AvgIpc) is 2.88. The largest absolute Gasteiger partial charge is 0.467 e. The molecule has 1 aromatic carbocycles. The molecule has 0 aliphatic rings. The summed E-state index contributed by atoms with van der Waals surface area (Å²) in [6.45, 7) is 7.45. The summed E-state index contributed by atoms with van der Waals surface area (Å²) < 4.78 is 19.6. The summed E-state index contributed by atoms with van der Waals surface area (Å²) in [6, 6.07) is 8.93. The van der Waals surface area contributed by atoms with Gasteiger partial charge in [0.1, 0.15) is 11.6 Å². The predicted molar refractivity (Wildman–Crippen MR) is 83.8 cm³/mol. The number of benzene rings is 1. The Balaban J connectivity index is 2.20. The summed E-state index contributed by atoms with van der Waals surface area (Å²) >= 11 is 0. The molecule has 0 bridgehead atoms. The second-order valence-corrected chi connectivity index (χ2v) is 6.29. The van der Waals surface area contributed by atoms with E-state index in [1.807, 2.05) is 30.1 Å². The molecule has 0 saturated heterocycles. The lowest BCUT2D eigenvalue weighted by molar-refractivity contribution is 0.423. The minimum absolute atomic E-state index is 0.0107. The Bertz CT molecular complexity index is 573. The zero-order chi connectivity index (χ0) is 15.5. The van der Waals surface area contributed by atoms with Crippen molar-refractivity contribution in [2.24, 2.45) is 0 Å². The molecule has 2 rings (SSSR count). The predicted octanol–water partition coefficient (Wildman–Crippen LogP) is 3.94. The fourth-order valence-corrected chi connectivity index (χ4v) is 2.21. The van der Waals surface area contributed by atoms with Crippen LogP contribution in [0.4, 0.5) is 10.1 Å². The van der Waals surface area contributed by atoms with E-state index in [2.05, 4.69) is 26.1 Å². The van der Waals surface area contributed by atoms with Gasteiger partial charge >= 0.3 is 0 Å². The first-order valence-electron chi connectivity index (χ1n) is 7.13. The standard InChI is InChI=1S/C17H23FN2O/c1-17(2,3)19-11-13-7-5-9-15(18)16(13)20(4)12-14-8-6-10-21-14/h5-10,19H,11-12H2,1-4H3. The van der Waals surface area contributed by atoms with Gasteiger partial charge in [0.2, 0.25) is 0 Å². The minimum Gasteiger partial charge on any atom is -0.467 e. The van der Waals surface area contributed by atoms with Crippen molar-refractivity contribution in [3.8, 4) is 0 Å². The quantitative estimate of drug-likeness (QED) is 0.904. The van der Waals surface area contributed by atoms with Crippen molar-refractivity contribution < 1.29 is 8.81 Å². The Kier molecular flexibility index (Phi) is 4.68. The molecule has 2 aromatic rings. The summed E-state index contributed by atoms with van der Waals surface area (Å²) in [5.74, 6) is 0.604. The van der Waals surface area contributed by atoms with E-state index in [-0.39, 0.29) is 11.4 Å². The zero-order valence-corrected chi connectivity index (χ0v) is 13.1. The van der Waals surface area contributed by atoms with Crippen molar-refractivity contribution >= 4 is 5.69 Å². The van der Waals surface area contributed by atoms with Crippen LogP contribution in [0.3, 0.4) is 0 Å². The van der Waals surface area contributed by atoms with Gasteiger partial charge < -0.3 is 14.6 Å². The third-order valence-corrected chi connectivity index (χ3v) is 3.23. The highest BCUT2D eigenvalue weighted by atomic mass is 19.1. The van der Waals surface area contributed by atoms with E-state index in [0.29, 0.717) is 18.8 Å². The first-order chi connectivity index (χ1) is 9.87. The van der Waals surface area contributed by atoms with E-state index in [1.54, 1.807) is 12.3 Å². The SMILES string of the molecule is CN(Cc1ccco1)c1c(F)cccc1CNC(C)(C)C. The number of anilines is 1. The number of furan rings is 1. The van der Waals surface area contributed by atoms with Crippen LogP contribution in [-0.4, -0.2) is 12.6 Å². The van der Waals surface area contributed by atoms with E-state index in [9.17, 15) is 4.39 Å². The van der Waals surface area contributed by atoms with Crippen molar-refractivity contribution in [1.82, 2.24) is 5.32 Å². The number of hydrogen-bond donors (Lipinski definition) is 1. The van der Waals surface area contributed by atoms with Crippen LogP contribution >= 0.6 is 0 Å². The number of hydrogen-bond acceptors (Lipinski definition) is 3. The fraction of sp³-hybridized carbons (Fsp3) is 0.412. The summed E-state index contributed by atoms with van der Waals surface area (Å²) in [6.07, 6.45) is 1.63. The molecule has 0 atom stereocenters. The van der Waals surface area contributed by atoms with Gasteiger partial charge in [-0.25, -0.2) is 4.39 Å². The van der Waals surface area contributed by atoms with E-state index >= 15 is 0 Å². The van der Waals surface area contributed by atoms with Gasteiger partial charge in [0, 0.05) is 19.1 Å². The van der Waals surface area contributed by atoms with Gasteiger partial charge in [-0.3, -0.25) is 0 Å². The number of halogens is 1.